The molecule has 1 aliphatic heterocycles. The van der Waals surface area contributed by atoms with E-state index in [4.69, 9.17) is 4.74 Å². The Bertz CT molecular complexity index is 1340. The summed E-state index contributed by atoms with van der Waals surface area (Å²) >= 11 is 0. The van der Waals surface area contributed by atoms with E-state index in [1.165, 1.54) is 19.2 Å². The molecule has 2 aromatic rings. The zero-order valence-electron chi connectivity index (χ0n) is 17.1. The lowest BCUT2D eigenvalue weighted by atomic mass is 9.98. The smallest absolute Gasteiger partial charge is 0.272 e. The number of Topliss-reactive ketones (excluding diaryl/α,β-unsaturated/α-hetero) is 1. The maximum atomic E-state index is 15.0. The number of anilines is 1. The van der Waals surface area contributed by atoms with E-state index in [0.29, 0.717) is 16.9 Å². The third-order valence-electron chi connectivity index (χ3n) is 5.72. The molecule has 0 radical (unpaired) electrons. The van der Waals surface area contributed by atoms with Gasteiger partial charge in [-0.05, 0) is 35.4 Å². The van der Waals surface area contributed by atoms with Crippen molar-refractivity contribution in [1.82, 2.24) is 0 Å². The van der Waals surface area contributed by atoms with Crippen LogP contribution in [0.25, 0.3) is 11.1 Å². The molecule has 33 heavy (non-hydrogen) atoms. The SMILES string of the molecule is COc1cccc(-c2ccc(N3CC(=O)C4=C(C3=O)C([N+](=O)[O-])CC4S(=O)(=O)O)c(F)c2)c1. The summed E-state index contributed by atoms with van der Waals surface area (Å²) < 4.78 is 53.0. The first-order valence-electron chi connectivity index (χ1n) is 9.65. The van der Waals surface area contributed by atoms with E-state index in [1.807, 2.05) is 0 Å². The first-order chi connectivity index (χ1) is 15.5. The Hall–Kier alpha value is -3.64. The van der Waals surface area contributed by atoms with Crippen LogP contribution in [0.5, 0.6) is 5.75 Å². The van der Waals surface area contributed by atoms with Gasteiger partial charge in [0.25, 0.3) is 16.0 Å². The topological polar surface area (TPSA) is 144 Å². The van der Waals surface area contributed by atoms with E-state index in [2.05, 4.69) is 0 Å². The number of hydrogen-bond acceptors (Lipinski definition) is 7. The van der Waals surface area contributed by atoms with Crippen molar-refractivity contribution in [2.24, 2.45) is 0 Å². The third-order valence-corrected chi connectivity index (χ3v) is 6.86. The lowest BCUT2D eigenvalue weighted by molar-refractivity contribution is -0.510. The zero-order chi connectivity index (χ0) is 24.1. The molecule has 172 valence electrons. The van der Waals surface area contributed by atoms with Gasteiger partial charge in [0, 0.05) is 16.9 Å². The molecule has 2 aromatic carbocycles. The van der Waals surface area contributed by atoms with E-state index in [1.54, 1.807) is 24.3 Å². The summed E-state index contributed by atoms with van der Waals surface area (Å²) in [7, 11) is -3.38. The van der Waals surface area contributed by atoms with Crippen LogP contribution in [0.15, 0.2) is 53.6 Å². The van der Waals surface area contributed by atoms with Gasteiger partial charge in [0.1, 0.15) is 16.8 Å². The van der Waals surface area contributed by atoms with Crippen molar-refractivity contribution in [3.05, 3.63) is 69.5 Å². The second-order valence-corrected chi connectivity index (χ2v) is 9.18. The molecule has 1 heterocycles. The van der Waals surface area contributed by atoms with E-state index in [0.717, 1.165) is 11.0 Å². The molecule has 10 nitrogen and oxygen atoms in total. The summed E-state index contributed by atoms with van der Waals surface area (Å²) in [5.41, 5.74) is -0.444. The van der Waals surface area contributed by atoms with Gasteiger partial charge in [-0.1, -0.05) is 18.2 Å². The molecular weight excluding hydrogens is 459 g/mol. The fourth-order valence-corrected chi connectivity index (χ4v) is 5.17. The Balaban J connectivity index is 1.75. The van der Waals surface area contributed by atoms with Crippen molar-refractivity contribution in [2.75, 3.05) is 18.6 Å². The molecule has 4 rings (SSSR count). The predicted octanol–water partition coefficient (Wildman–Crippen LogP) is 2.02. The summed E-state index contributed by atoms with van der Waals surface area (Å²) in [5.74, 6) is -2.27. The third kappa shape index (κ3) is 3.87. The van der Waals surface area contributed by atoms with Crippen LogP contribution in [0.4, 0.5) is 10.1 Å². The highest BCUT2D eigenvalue weighted by atomic mass is 32.2. The number of amides is 1. The van der Waals surface area contributed by atoms with Crippen molar-refractivity contribution >= 4 is 27.5 Å². The fourth-order valence-electron chi connectivity index (χ4n) is 4.19. The standard InChI is InChI=1S/C21H17FN2O8S/c1-32-13-4-2-3-11(7-13)12-5-6-15(14(22)8-12)23-10-17(25)20-18(33(29,30)31)9-16(24(27)28)19(20)21(23)26/h2-8,16,18H,9-10H2,1H3,(H,29,30,31). The van der Waals surface area contributed by atoms with E-state index in [-0.39, 0.29) is 5.69 Å². The van der Waals surface area contributed by atoms with Crippen LogP contribution in [0, 0.1) is 15.9 Å². The molecule has 2 unspecified atom stereocenters. The summed E-state index contributed by atoms with van der Waals surface area (Å²) in [4.78, 5) is 37.1. The van der Waals surface area contributed by atoms with Crippen molar-refractivity contribution in [3.8, 4) is 16.9 Å². The van der Waals surface area contributed by atoms with Crippen LogP contribution >= 0.6 is 0 Å². The minimum atomic E-state index is -4.87. The van der Waals surface area contributed by atoms with Gasteiger partial charge in [0.2, 0.25) is 6.04 Å². The van der Waals surface area contributed by atoms with Gasteiger partial charge in [-0.2, -0.15) is 8.42 Å². The average molecular weight is 476 g/mol. The number of hydrogen-bond donors (Lipinski definition) is 1. The lowest BCUT2D eigenvalue weighted by Gasteiger charge is -2.28. The van der Waals surface area contributed by atoms with Crippen LogP contribution in [0.3, 0.4) is 0 Å². The second kappa shape index (κ2) is 8.05. The second-order valence-electron chi connectivity index (χ2n) is 7.58. The monoisotopic (exact) mass is 476 g/mol. The van der Waals surface area contributed by atoms with Crippen molar-refractivity contribution < 1.29 is 36.6 Å². The number of halogens is 1. The van der Waals surface area contributed by atoms with Crippen LogP contribution in [0.1, 0.15) is 6.42 Å². The number of carbonyl (C=O) groups excluding carboxylic acids is 2. The van der Waals surface area contributed by atoms with E-state index >= 15 is 4.39 Å². The molecular formula is C21H17FN2O8S. The number of methoxy groups -OCH3 is 1. The molecule has 2 aliphatic rings. The Labute approximate surface area is 187 Å². The number of benzene rings is 2. The van der Waals surface area contributed by atoms with Gasteiger partial charge in [0.05, 0.1) is 24.9 Å². The fraction of sp³-hybridized carbons (Fsp3) is 0.238. The molecule has 2 atom stereocenters. The number of ether oxygens (including phenoxy) is 1. The highest BCUT2D eigenvalue weighted by Crippen LogP contribution is 2.39. The zero-order valence-corrected chi connectivity index (χ0v) is 17.9. The number of nitrogens with zero attached hydrogens (tertiary/aromatic N) is 2. The quantitative estimate of drug-likeness (QED) is 0.392. The van der Waals surface area contributed by atoms with Crippen LogP contribution in [-0.2, 0) is 19.7 Å². The molecule has 0 fully saturated rings. The van der Waals surface area contributed by atoms with Crippen molar-refractivity contribution in [1.29, 1.82) is 0 Å². The van der Waals surface area contributed by atoms with Gasteiger partial charge in [0.15, 0.2) is 5.78 Å². The summed E-state index contributed by atoms with van der Waals surface area (Å²) in [5, 5.41) is 9.60. The summed E-state index contributed by atoms with van der Waals surface area (Å²) in [6.07, 6.45) is -0.751. The predicted molar refractivity (Wildman–Crippen MR) is 114 cm³/mol. The molecule has 0 aromatic heterocycles. The highest BCUT2D eigenvalue weighted by molar-refractivity contribution is 7.86. The van der Waals surface area contributed by atoms with Gasteiger partial charge in [-0.15, -0.1) is 0 Å². The maximum absolute atomic E-state index is 15.0. The Morgan fingerprint density at radius 3 is 2.45 bits per heavy atom. The molecule has 12 heteroatoms. The summed E-state index contributed by atoms with van der Waals surface area (Å²) in [6.45, 7) is -0.719. The van der Waals surface area contributed by atoms with Crippen molar-refractivity contribution in [2.45, 2.75) is 17.7 Å². The molecule has 0 saturated carbocycles. The van der Waals surface area contributed by atoms with Gasteiger partial charge in [-0.3, -0.25) is 29.2 Å². The lowest BCUT2D eigenvalue weighted by Crippen LogP contribution is -2.45. The van der Waals surface area contributed by atoms with Crippen LogP contribution < -0.4 is 9.64 Å². The first kappa shape index (κ1) is 22.6. The highest BCUT2D eigenvalue weighted by Gasteiger charge is 2.54. The molecule has 1 amide bonds. The molecule has 0 saturated heterocycles. The maximum Gasteiger partial charge on any atom is 0.272 e. The van der Waals surface area contributed by atoms with Crippen LogP contribution in [0.2, 0.25) is 0 Å². The van der Waals surface area contributed by atoms with Crippen molar-refractivity contribution in [3.63, 3.8) is 0 Å². The molecule has 1 N–H and O–H groups in total. The molecule has 0 spiro atoms. The Morgan fingerprint density at radius 2 is 1.85 bits per heavy atom. The number of rotatable bonds is 5. The van der Waals surface area contributed by atoms with Gasteiger partial charge < -0.3 is 4.74 Å². The normalized spacial score (nSPS) is 20.8. The minimum Gasteiger partial charge on any atom is -0.497 e. The first-order valence-corrected chi connectivity index (χ1v) is 11.2. The van der Waals surface area contributed by atoms with E-state index < -0.39 is 68.0 Å². The van der Waals surface area contributed by atoms with Gasteiger partial charge in [-0.25, -0.2) is 4.39 Å². The minimum absolute atomic E-state index is 0.288. The largest absolute Gasteiger partial charge is 0.497 e. The van der Waals surface area contributed by atoms with E-state index in [9.17, 15) is 32.7 Å². The number of ketones is 1. The Kier molecular flexibility index (Phi) is 5.50. The number of nitro groups is 1. The number of carbonyl (C=O) groups is 2. The summed E-state index contributed by atoms with van der Waals surface area (Å²) in [6, 6.07) is 8.93. The Morgan fingerprint density at radius 1 is 1.15 bits per heavy atom. The molecule has 1 aliphatic carbocycles. The molecule has 0 bridgehead atoms. The van der Waals surface area contributed by atoms with Gasteiger partial charge >= 0.3 is 0 Å². The average Bonchev–Trinajstić information content (AvgIpc) is 3.19. The van der Waals surface area contributed by atoms with Crippen LogP contribution in [-0.4, -0.2) is 54.5 Å².